The Bertz CT molecular complexity index is 1430. The fourth-order valence-corrected chi connectivity index (χ4v) is 5.45. The minimum Gasteiger partial charge on any atom is -0.394 e. The third kappa shape index (κ3) is 6.36. The Kier molecular flexibility index (Phi) is 8.85. The Morgan fingerprint density at radius 3 is 2.14 bits per heavy atom. The second-order valence-corrected chi connectivity index (χ2v) is 11.3. The molecule has 3 aromatic rings. The second kappa shape index (κ2) is 11.8. The van der Waals surface area contributed by atoms with Gasteiger partial charge in [-0.2, -0.15) is 26.3 Å². The van der Waals surface area contributed by atoms with E-state index in [0.29, 0.717) is 40.6 Å². The van der Waals surface area contributed by atoms with Crippen LogP contribution in [0.15, 0.2) is 54.7 Å². The number of pyridine rings is 1. The van der Waals surface area contributed by atoms with Gasteiger partial charge in [0.25, 0.3) is 0 Å². The highest BCUT2D eigenvalue weighted by Crippen LogP contribution is 2.42. The number of likely N-dealkylation sites (N-methyl/N-ethyl adjacent to an activating group) is 1. The first kappa shape index (κ1) is 31.6. The van der Waals surface area contributed by atoms with Gasteiger partial charge in [0.05, 0.1) is 41.1 Å². The molecule has 1 N–H and O–H groups in total. The van der Waals surface area contributed by atoms with E-state index in [1.807, 2.05) is 4.90 Å². The van der Waals surface area contributed by atoms with E-state index in [2.05, 4.69) is 4.98 Å². The third-order valence-corrected chi connectivity index (χ3v) is 8.00. The molecular weight excluding hydrogens is 584 g/mol. The number of nitrogens with zero attached hydrogens (tertiary/aromatic N) is 3. The van der Waals surface area contributed by atoms with E-state index >= 15 is 0 Å². The van der Waals surface area contributed by atoms with Crippen LogP contribution >= 0.6 is 11.6 Å². The van der Waals surface area contributed by atoms with Gasteiger partial charge in [0.15, 0.2) is 0 Å². The quantitative estimate of drug-likeness (QED) is 0.289. The number of amides is 1. The topological polar surface area (TPSA) is 56.7 Å². The molecule has 1 aliphatic heterocycles. The summed E-state index contributed by atoms with van der Waals surface area (Å²) in [7, 11) is 1.39. The molecule has 1 amide bonds. The molecule has 1 saturated heterocycles. The molecule has 0 aliphatic carbocycles. The second-order valence-electron chi connectivity index (χ2n) is 10.8. The summed E-state index contributed by atoms with van der Waals surface area (Å²) in [4.78, 5) is 21.6. The molecule has 0 saturated carbocycles. The molecule has 12 heteroatoms. The maximum atomic E-state index is 13.9. The summed E-state index contributed by atoms with van der Waals surface area (Å²) in [6.45, 7) is 3.13. The van der Waals surface area contributed by atoms with E-state index in [1.54, 1.807) is 30.3 Å². The molecule has 2 aromatic carbocycles. The van der Waals surface area contributed by atoms with Crippen LogP contribution in [-0.2, 0) is 22.6 Å². The van der Waals surface area contributed by atoms with Crippen molar-refractivity contribution in [1.29, 1.82) is 0 Å². The number of hydrogen-bond acceptors (Lipinski definition) is 4. The standard InChI is InChI=1S/C30H30ClF6N3O2/c1-28(2,18-12-19(29(32,33)34)14-20(13-18)30(35,36)37)27(42)39(3)25-16-38-26(40-11-7-6-8-21(40)17-41)15-23(25)22-9-4-5-10-24(22)31/h4-5,9-10,12-16,21,41H,6-8,11,17H2,1-3H3/t21-/m0/s1. The first-order valence-electron chi connectivity index (χ1n) is 13.3. The zero-order valence-corrected chi connectivity index (χ0v) is 23.9. The number of rotatable bonds is 6. The average Bonchev–Trinajstić information content (AvgIpc) is 2.95. The number of carbonyl (C=O) groups excluding carboxylic acids is 1. The van der Waals surface area contributed by atoms with Crippen molar-refractivity contribution < 1.29 is 36.2 Å². The van der Waals surface area contributed by atoms with Gasteiger partial charge in [0.2, 0.25) is 5.91 Å². The number of aromatic nitrogens is 1. The number of piperidine rings is 1. The number of aliphatic hydroxyl groups excluding tert-OH is 1. The van der Waals surface area contributed by atoms with Gasteiger partial charge < -0.3 is 14.9 Å². The van der Waals surface area contributed by atoms with Gasteiger partial charge in [-0.05, 0) is 69.0 Å². The maximum Gasteiger partial charge on any atom is 0.416 e. The minimum atomic E-state index is -5.06. The van der Waals surface area contributed by atoms with Crippen LogP contribution in [0.2, 0.25) is 5.02 Å². The van der Waals surface area contributed by atoms with Crippen LogP contribution in [0.1, 0.15) is 49.8 Å². The molecule has 0 unspecified atom stereocenters. The van der Waals surface area contributed by atoms with Gasteiger partial charge in [-0.25, -0.2) is 4.98 Å². The summed E-state index contributed by atoms with van der Waals surface area (Å²) < 4.78 is 81.4. The third-order valence-electron chi connectivity index (χ3n) is 7.67. The van der Waals surface area contributed by atoms with E-state index in [-0.39, 0.29) is 24.4 Å². The fourth-order valence-electron chi connectivity index (χ4n) is 5.22. The summed E-state index contributed by atoms with van der Waals surface area (Å²) in [6, 6.07) is 9.62. The highest BCUT2D eigenvalue weighted by Gasteiger charge is 2.41. The lowest BCUT2D eigenvalue weighted by molar-refractivity contribution is -0.143. The largest absolute Gasteiger partial charge is 0.416 e. The Morgan fingerprint density at radius 2 is 1.57 bits per heavy atom. The van der Waals surface area contributed by atoms with Crippen molar-refractivity contribution in [1.82, 2.24) is 4.98 Å². The van der Waals surface area contributed by atoms with E-state index in [9.17, 15) is 36.2 Å². The fraction of sp³-hybridized carbons (Fsp3) is 0.400. The summed E-state index contributed by atoms with van der Waals surface area (Å²) in [6.07, 6.45) is -6.07. The number of aliphatic hydroxyl groups is 1. The first-order valence-corrected chi connectivity index (χ1v) is 13.6. The average molecular weight is 614 g/mol. The first-order chi connectivity index (χ1) is 19.6. The lowest BCUT2D eigenvalue weighted by atomic mass is 9.81. The predicted octanol–water partition coefficient (Wildman–Crippen LogP) is 7.73. The van der Waals surface area contributed by atoms with Gasteiger partial charge >= 0.3 is 12.4 Å². The normalized spacial score (nSPS) is 16.5. The Morgan fingerprint density at radius 1 is 0.976 bits per heavy atom. The molecule has 0 bridgehead atoms. The van der Waals surface area contributed by atoms with E-state index in [1.165, 1.54) is 32.0 Å². The van der Waals surface area contributed by atoms with Gasteiger partial charge in [-0.1, -0.05) is 29.8 Å². The smallest absolute Gasteiger partial charge is 0.394 e. The van der Waals surface area contributed by atoms with Gasteiger partial charge in [0.1, 0.15) is 5.82 Å². The van der Waals surface area contributed by atoms with Gasteiger partial charge in [-0.15, -0.1) is 0 Å². The number of alkyl halides is 6. The van der Waals surface area contributed by atoms with Crippen molar-refractivity contribution in [2.45, 2.75) is 56.9 Å². The van der Waals surface area contributed by atoms with Crippen LogP contribution in [0, 0.1) is 0 Å². The van der Waals surface area contributed by atoms with E-state index in [0.717, 1.165) is 19.3 Å². The molecule has 0 radical (unpaired) electrons. The van der Waals surface area contributed by atoms with Crippen molar-refractivity contribution in [3.63, 3.8) is 0 Å². The van der Waals surface area contributed by atoms with Crippen LogP contribution in [0.5, 0.6) is 0 Å². The van der Waals surface area contributed by atoms with Crippen molar-refractivity contribution >= 4 is 29.0 Å². The zero-order valence-electron chi connectivity index (χ0n) is 23.2. The molecule has 0 spiro atoms. The minimum absolute atomic E-state index is 0.0339. The molecule has 1 atom stereocenters. The lowest BCUT2D eigenvalue weighted by Crippen LogP contribution is -2.43. The van der Waals surface area contributed by atoms with E-state index < -0.39 is 40.4 Å². The Labute approximate surface area is 244 Å². The highest BCUT2D eigenvalue weighted by molar-refractivity contribution is 6.33. The van der Waals surface area contributed by atoms with Gasteiger partial charge in [-0.3, -0.25) is 4.79 Å². The SMILES string of the molecule is CN(C(=O)C(C)(C)c1cc(C(F)(F)F)cc(C(F)(F)F)c1)c1cnc(N2CCCC[C@H]2CO)cc1-c1ccccc1Cl. The molecule has 4 rings (SSSR count). The number of anilines is 2. The molecule has 1 fully saturated rings. The molecule has 1 aromatic heterocycles. The predicted molar refractivity (Wildman–Crippen MR) is 150 cm³/mol. The zero-order chi connectivity index (χ0) is 31.0. The van der Waals surface area contributed by atoms with Crippen molar-refractivity contribution in [3.8, 4) is 11.1 Å². The van der Waals surface area contributed by atoms with Crippen LogP contribution in [0.3, 0.4) is 0 Å². The Hall–Kier alpha value is -3.31. The molecule has 5 nitrogen and oxygen atoms in total. The van der Waals surface area contributed by atoms with Crippen LogP contribution < -0.4 is 9.80 Å². The lowest BCUT2D eigenvalue weighted by Gasteiger charge is -2.36. The number of hydrogen-bond donors (Lipinski definition) is 1. The highest BCUT2D eigenvalue weighted by atomic mass is 35.5. The summed E-state index contributed by atoms with van der Waals surface area (Å²) >= 11 is 6.52. The summed E-state index contributed by atoms with van der Waals surface area (Å²) in [5, 5.41) is 10.3. The number of halogens is 7. The number of benzene rings is 2. The molecular formula is C30H30ClF6N3O2. The van der Waals surface area contributed by atoms with Crippen molar-refractivity contribution in [2.75, 3.05) is 30.0 Å². The monoisotopic (exact) mass is 613 g/mol. The molecule has 226 valence electrons. The van der Waals surface area contributed by atoms with Crippen LogP contribution in [0.4, 0.5) is 37.8 Å². The summed E-state index contributed by atoms with van der Waals surface area (Å²) in [5.74, 6) is -0.218. The molecule has 2 heterocycles. The Balaban J connectivity index is 1.82. The van der Waals surface area contributed by atoms with Gasteiger partial charge in [0, 0.05) is 29.7 Å². The van der Waals surface area contributed by atoms with Crippen LogP contribution in [0.25, 0.3) is 11.1 Å². The summed E-state index contributed by atoms with van der Waals surface area (Å²) in [5.41, 5.74) is -3.96. The van der Waals surface area contributed by atoms with E-state index in [4.69, 9.17) is 11.6 Å². The van der Waals surface area contributed by atoms with Crippen LogP contribution in [-0.4, -0.2) is 42.2 Å². The molecule has 1 aliphatic rings. The van der Waals surface area contributed by atoms with Crippen molar-refractivity contribution in [2.24, 2.45) is 0 Å². The number of carbonyl (C=O) groups is 1. The maximum absolute atomic E-state index is 13.9. The molecule has 42 heavy (non-hydrogen) atoms. The van der Waals surface area contributed by atoms with Crippen molar-refractivity contribution in [3.05, 3.63) is 76.4 Å².